The van der Waals surface area contributed by atoms with Gasteiger partial charge in [-0.3, -0.25) is 0 Å². The summed E-state index contributed by atoms with van der Waals surface area (Å²) in [6.07, 6.45) is 1.88. The molecule has 0 spiro atoms. The topological polar surface area (TPSA) is 68.2 Å². The van der Waals surface area contributed by atoms with Crippen molar-refractivity contribution in [3.8, 4) is 17.2 Å². The fourth-order valence-electron chi connectivity index (χ4n) is 1.77. The van der Waals surface area contributed by atoms with E-state index in [2.05, 4.69) is 11.8 Å². The minimum Gasteiger partial charge on any atom is -0.493 e. The lowest BCUT2D eigenvalue weighted by Crippen LogP contribution is -2.06. The number of hydrogen-bond donors (Lipinski definition) is 2. The van der Waals surface area contributed by atoms with Crippen LogP contribution >= 0.6 is 0 Å². The molecule has 0 bridgehead atoms. The lowest BCUT2D eigenvalue weighted by atomic mass is 10.1. The van der Waals surface area contributed by atoms with Crippen molar-refractivity contribution in [1.82, 2.24) is 0 Å². The van der Waals surface area contributed by atoms with Gasteiger partial charge < -0.3 is 19.5 Å². The summed E-state index contributed by atoms with van der Waals surface area (Å²) in [5.41, 5.74) is 0.804. The van der Waals surface area contributed by atoms with Crippen LogP contribution in [-0.2, 0) is 6.42 Å². The molecule has 0 aliphatic carbocycles. The zero-order valence-corrected chi connectivity index (χ0v) is 11.7. The van der Waals surface area contributed by atoms with E-state index in [1.165, 1.54) is 7.11 Å². The van der Waals surface area contributed by atoms with Crippen LogP contribution in [0.5, 0.6) is 17.2 Å². The summed E-state index contributed by atoms with van der Waals surface area (Å²) >= 11 is 0. The Labute approximate surface area is 113 Å². The van der Waals surface area contributed by atoms with Crippen LogP contribution in [0.2, 0.25) is 0 Å². The van der Waals surface area contributed by atoms with Crippen LogP contribution in [-0.4, -0.2) is 30.2 Å². The molecule has 1 atom stereocenters. The largest absolute Gasteiger partial charge is 0.493 e. The van der Waals surface area contributed by atoms with E-state index < -0.39 is 6.10 Å². The number of aliphatic hydroxyl groups is 1. The van der Waals surface area contributed by atoms with Crippen molar-refractivity contribution in [2.45, 2.75) is 39.2 Å². The molecule has 0 aliphatic heterocycles. The molecule has 1 unspecified atom stereocenters. The van der Waals surface area contributed by atoms with Crippen molar-refractivity contribution in [2.24, 2.45) is 0 Å². The molecule has 0 amide bonds. The molecule has 1 rings (SSSR count). The maximum absolute atomic E-state index is 9.40. The lowest BCUT2D eigenvalue weighted by molar-refractivity contribution is -0.139. The number of ether oxygens (including phenoxy) is 2. The molecular weight excluding hydrogens is 248 g/mol. The summed E-state index contributed by atoms with van der Waals surface area (Å²) in [6, 6.07) is 3.41. The average molecular weight is 270 g/mol. The Bertz CT molecular complexity index is 364. The van der Waals surface area contributed by atoms with E-state index in [4.69, 9.17) is 14.7 Å². The number of benzene rings is 1. The predicted octanol–water partition coefficient (Wildman–Crippen LogP) is 2.65. The quantitative estimate of drug-likeness (QED) is 0.432. The molecule has 5 heteroatoms. The predicted molar refractivity (Wildman–Crippen MR) is 72.0 cm³/mol. The highest BCUT2D eigenvalue weighted by molar-refractivity contribution is 5.53. The normalized spacial score (nSPS) is 12.1. The summed E-state index contributed by atoms with van der Waals surface area (Å²) in [6.45, 7) is 4.28. The monoisotopic (exact) mass is 270 g/mol. The molecule has 0 saturated carbocycles. The second-order valence-electron chi connectivity index (χ2n) is 4.47. The minimum absolute atomic E-state index is 0.200. The molecule has 108 valence electrons. The van der Waals surface area contributed by atoms with Crippen LogP contribution in [0.25, 0.3) is 0 Å². The van der Waals surface area contributed by atoms with Gasteiger partial charge in [-0.15, -0.1) is 0 Å². The summed E-state index contributed by atoms with van der Waals surface area (Å²) in [5, 5.41) is 18.4. The lowest BCUT2D eigenvalue weighted by Gasteiger charge is -2.15. The van der Waals surface area contributed by atoms with E-state index in [-0.39, 0.29) is 5.75 Å². The number of unbranched alkanes of at least 4 members (excludes halogenated alkanes) is 1. The van der Waals surface area contributed by atoms with E-state index in [1.54, 1.807) is 19.1 Å². The Morgan fingerprint density at radius 3 is 2.47 bits per heavy atom. The van der Waals surface area contributed by atoms with Crippen LogP contribution in [0, 0.1) is 0 Å². The zero-order chi connectivity index (χ0) is 14.3. The molecule has 19 heavy (non-hydrogen) atoms. The highest BCUT2D eigenvalue weighted by atomic mass is 17.1. The van der Waals surface area contributed by atoms with Gasteiger partial charge in [0, 0.05) is 0 Å². The molecule has 0 fully saturated rings. The third-order valence-electron chi connectivity index (χ3n) is 2.67. The van der Waals surface area contributed by atoms with Crippen molar-refractivity contribution in [1.29, 1.82) is 0 Å². The molecule has 1 aromatic rings. The Balaban J connectivity index is 2.99. The molecule has 0 aromatic heterocycles. The molecule has 1 aromatic carbocycles. The summed E-state index contributed by atoms with van der Waals surface area (Å²) in [7, 11) is 1.52. The third-order valence-corrected chi connectivity index (χ3v) is 2.67. The van der Waals surface area contributed by atoms with Gasteiger partial charge in [0.25, 0.3) is 0 Å². The van der Waals surface area contributed by atoms with Crippen LogP contribution in [0.1, 0.15) is 32.3 Å². The summed E-state index contributed by atoms with van der Waals surface area (Å²) in [5.74, 6) is 1.07. The molecule has 2 N–H and O–H groups in total. The minimum atomic E-state index is -0.483. The van der Waals surface area contributed by atoms with Crippen molar-refractivity contribution in [2.75, 3.05) is 13.7 Å². The van der Waals surface area contributed by atoms with Gasteiger partial charge in [0.05, 0.1) is 19.8 Å². The third kappa shape index (κ3) is 4.61. The summed E-state index contributed by atoms with van der Waals surface area (Å²) < 4.78 is 10.8. The van der Waals surface area contributed by atoms with E-state index in [1.807, 2.05) is 0 Å². The van der Waals surface area contributed by atoms with Gasteiger partial charge in [0.15, 0.2) is 5.75 Å². The Morgan fingerprint density at radius 2 is 1.95 bits per heavy atom. The van der Waals surface area contributed by atoms with E-state index >= 15 is 0 Å². The second-order valence-corrected chi connectivity index (χ2v) is 4.47. The first-order valence-corrected chi connectivity index (χ1v) is 6.45. The van der Waals surface area contributed by atoms with Gasteiger partial charge in [0.1, 0.15) is 0 Å². The zero-order valence-electron chi connectivity index (χ0n) is 11.7. The molecule has 0 radical (unpaired) electrons. The van der Waals surface area contributed by atoms with Gasteiger partial charge in [-0.25, -0.2) is 5.26 Å². The van der Waals surface area contributed by atoms with Gasteiger partial charge in [-0.2, -0.15) is 0 Å². The number of aliphatic hydroxyl groups excluding tert-OH is 1. The van der Waals surface area contributed by atoms with Gasteiger partial charge in [-0.05, 0) is 37.5 Å². The molecular formula is C14H22O5. The summed E-state index contributed by atoms with van der Waals surface area (Å²) in [4.78, 5) is 4.35. The first-order chi connectivity index (χ1) is 9.12. The standard InChI is InChI=1S/C14H22O5/c1-4-5-6-18-14-12(17-3)8-11(7-10(2)15)9-13(14)19-16/h8-10,15-16H,4-7H2,1-3H3. The van der Waals surface area contributed by atoms with Crippen LogP contribution in [0.4, 0.5) is 0 Å². The maximum Gasteiger partial charge on any atom is 0.211 e. The Hall–Kier alpha value is -1.46. The van der Waals surface area contributed by atoms with Crippen molar-refractivity contribution in [3.63, 3.8) is 0 Å². The van der Waals surface area contributed by atoms with Crippen LogP contribution < -0.4 is 14.4 Å². The van der Waals surface area contributed by atoms with Crippen molar-refractivity contribution >= 4 is 0 Å². The average Bonchev–Trinajstić information content (AvgIpc) is 2.38. The highest BCUT2D eigenvalue weighted by Gasteiger charge is 2.16. The Kier molecular flexibility index (Phi) is 6.45. The number of rotatable bonds is 8. The molecule has 0 heterocycles. The van der Waals surface area contributed by atoms with Crippen molar-refractivity contribution in [3.05, 3.63) is 17.7 Å². The van der Waals surface area contributed by atoms with E-state index in [0.29, 0.717) is 24.5 Å². The second kappa shape index (κ2) is 7.86. The molecule has 0 saturated heterocycles. The van der Waals surface area contributed by atoms with E-state index in [0.717, 1.165) is 18.4 Å². The van der Waals surface area contributed by atoms with Crippen molar-refractivity contribution < 1.29 is 24.7 Å². The van der Waals surface area contributed by atoms with Crippen LogP contribution in [0.3, 0.4) is 0 Å². The maximum atomic E-state index is 9.40. The first-order valence-electron chi connectivity index (χ1n) is 6.45. The molecule has 5 nitrogen and oxygen atoms in total. The number of methoxy groups -OCH3 is 1. The van der Waals surface area contributed by atoms with E-state index in [9.17, 15) is 5.11 Å². The smallest absolute Gasteiger partial charge is 0.211 e. The SMILES string of the molecule is CCCCOc1c(OC)cc(CC(C)O)cc1OO. The Morgan fingerprint density at radius 1 is 1.26 bits per heavy atom. The fourth-order valence-corrected chi connectivity index (χ4v) is 1.77. The fraction of sp³-hybridized carbons (Fsp3) is 0.571. The van der Waals surface area contributed by atoms with Gasteiger partial charge in [0.2, 0.25) is 11.5 Å². The van der Waals surface area contributed by atoms with Gasteiger partial charge in [-0.1, -0.05) is 13.3 Å². The van der Waals surface area contributed by atoms with Crippen LogP contribution in [0.15, 0.2) is 12.1 Å². The number of hydrogen-bond acceptors (Lipinski definition) is 5. The first kappa shape index (κ1) is 15.6. The molecule has 0 aliphatic rings. The van der Waals surface area contributed by atoms with Gasteiger partial charge >= 0.3 is 0 Å². The highest BCUT2D eigenvalue weighted by Crippen LogP contribution is 2.38.